The molecule has 3 rings (SSSR count). The Kier molecular flexibility index (Phi) is 4.62. The summed E-state index contributed by atoms with van der Waals surface area (Å²) in [5, 5.41) is 6.26. The highest BCUT2D eigenvalue weighted by Gasteiger charge is 2.25. The van der Waals surface area contributed by atoms with Crippen molar-refractivity contribution in [3.8, 4) is 0 Å². The van der Waals surface area contributed by atoms with Gasteiger partial charge in [0.2, 0.25) is 0 Å². The first kappa shape index (κ1) is 15.4. The number of para-hydroxylation sites is 3. The molecule has 0 aliphatic carbocycles. The number of rotatable bonds is 4. The van der Waals surface area contributed by atoms with E-state index >= 15 is 0 Å². The SMILES string of the molecule is N=NC(=O)N(c1ccccc1)N(c1ccccc1)c1ccccc1. The highest BCUT2D eigenvalue weighted by atomic mass is 16.2. The third kappa shape index (κ3) is 3.15. The van der Waals surface area contributed by atoms with E-state index in [1.807, 2.05) is 91.0 Å². The second kappa shape index (κ2) is 7.19. The fourth-order valence-electron chi connectivity index (χ4n) is 2.45. The van der Waals surface area contributed by atoms with Crippen molar-refractivity contribution in [3.05, 3.63) is 91.0 Å². The molecule has 0 atom stereocenters. The summed E-state index contributed by atoms with van der Waals surface area (Å²) in [6.07, 6.45) is 0. The molecule has 0 fully saturated rings. The lowest BCUT2D eigenvalue weighted by atomic mass is 10.2. The maximum Gasteiger partial charge on any atom is 0.385 e. The molecule has 0 heterocycles. The van der Waals surface area contributed by atoms with Crippen molar-refractivity contribution < 1.29 is 4.79 Å². The number of nitrogens with zero attached hydrogens (tertiary/aromatic N) is 3. The van der Waals surface area contributed by atoms with Gasteiger partial charge in [-0.3, -0.25) is 0 Å². The topological polar surface area (TPSA) is 59.8 Å². The Morgan fingerprint density at radius 1 is 0.667 bits per heavy atom. The highest BCUT2D eigenvalue weighted by molar-refractivity contribution is 5.97. The van der Waals surface area contributed by atoms with Crippen LogP contribution in [0.2, 0.25) is 0 Å². The van der Waals surface area contributed by atoms with Gasteiger partial charge in [0.15, 0.2) is 0 Å². The molecule has 2 amide bonds. The lowest BCUT2D eigenvalue weighted by molar-refractivity contribution is 0.252. The van der Waals surface area contributed by atoms with Gasteiger partial charge in [-0.1, -0.05) is 59.7 Å². The minimum Gasteiger partial charge on any atom is -0.245 e. The van der Waals surface area contributed by atoms with Gasteiger partial charge in [0.05, 0.1) is 17.1 Å². The molecular weight excluding hydrogens is 300 g/mol. The summed E-state index contributed by atoms with van der Waals surface area (Å²) in [6, 6.07) is 27.5. The van der Waals surface area contributed by atoms with Crippen LogP contribution in [0.4, 0.5) is 21.9 Å². The first-order valence-corrected chi connectivity index (χ1v) is 7.48. The number of nitrogens with one attached hydrogen (secondary N) is 1. The van der Waals surface area contributed by atoms with Crippen molar-refractivity contribution in [2.75, 3.05) is 10.0 Å². The van der Waals surface area contributed by atoms with Gasteiger partial charge in [-0.25, -0.2) is 9.80 Å². The van der Waals surface area contributed by atoms with Crippen molar-refractivity contribution in [1.29, 1.82) is 5.53 Å². The van der Waals surface area contributed by atoms with E-state index in [0.717, 1.165) is 11.4 Å². The largest absolute Gasteiger partial charge is 0.385 e. The Morgan fingerprint density at radius 3 is 1.42 bits per heavy atom. The zero-order valence-corrected chi connectivity index (χ0v) is 12.9. The summed E-state index contributed by atoms with van der Waals surface area (Å²) >= 11 is 0. The molecule has 1 N–H and O–H groups in total. The van der Waals surface area contributed by atoms with E-state index in [2.05, 4.69) is 5.11 Å². The molecule has 3 aromatic carbocycles. The highest BCUT2D eigenvalue weighted by Crippen LogP contribution is 2.31. The average Bonchev–Trinajstić information content (AvgIpc) is 2.67. The Morgan fingerprint density at radius 2 is 1.04 bits per heavy atom. The molecule has 0 spiro atoms. The third-order valence-electron chi connectivity index (χ3n) is 3.48. The molecule has 0 saturated carbocycles. The Bertz CT molecular complexity index is 767. The number of anilines is 3. The summed E-state index contributed by atoms with van der Waals surface area (Å²) in [5.74, 6) is 0. The average molecular weight is 316 g/mol. The molecule has 0 aliphatic heterocycles. The molecule has 24 heavy (non-hydrogen) atoms. The van der Waals surface area contributed by atoms with Crippen LogP contribution in [0.5, 0.6) is 0 Å². The molecule has 0 saturated heterocycles. The first-order valence-electron chi connectivity index (χ1n) is 7.48. The van der Waals surface area contributed by atoms with Gasteiger partial charge in [-0.05, 0) is 36.4 Å². The zero-order chi connectivity index (χ0) is 16.8. The second-order valence-corrected chi connectivity index (χ2v) is 5.02. The van der Waals surface area contributed by atoms with E-state index < -0.39 is 6.03 Å². The van der Waals surface area contributed by atoms with Gasteiger partial charge in [0.1, 0.15) is 0 Å². The van der Waals surface area contributed by atoms with Gasteiger partial charge in [0, 0.05) is 0 Å². The van der Waals surface area contributed by atoms with Crippen LogP contribution in [0, 0.1) is 5.53 Å². The van der Waals surface area contributed by atoms with Crippen molar-refractivity contribution in [1.82, 2.24) is 0 Å². The quantitative estimate of drug-likeness (QED) is 0.517. The number of hydrazine groups is 1. The van der Waals surface area contributed by atoms with Gasteiger partial charge in [0.25, 0.3) is 0 Å². The lowest BCUT2D eigenvalue weighted by Gasteiger charge is -2.34. The van der Waals surface area contributed by atoms with Crippen LogP contribution in [0.25, 0.3) is 0 Å². The van der Waals surface area contributed by atoms with Crippen molar-refractivity contribution in [2.45, 2.75) is 0 Å². The Hall–Kier alpha value is -3.47. The van der Waals surface area contributed by atoms with Crippen LogP contribution < -0.4 is 10.0 Å². The Balaban J connectivity index is 2.18. The van der Waals surface area contributed by atoms with E-state index in [4.69, 9.17) is 5.53 Å². The molecule has 118 valence electrons. The molecular formula is C19H16N4O. The number of benzene rings is 3. The van der Waals surface area contributed by atoms with Crippen molar-refractivity contribution in [3.63, 3.8) is 0 Å². The molecule has 5 nitrogen and oxygen atoms in total. The first-order chi connectivity index (χ1) is 11.8. The fraction of sp³-hybridized carbons (Fsp3) is 0. The smallest absolute Gasteiger partial charge is 0.245 e. The summed E-state index contributed by atoms with van der Waals surface area (Å²) in [4.78, 5) is 12.4. The van der Waals surface area contributed by atoms with Gasteiger partial charge in [-0.2, -0.15) is 10.5 Å². The number of amides is 2. The van der Waals surface area contributed by atoms with Crippen molar-refractivity contribution in [2.24, 2.45) is 5.11 Å². The monoisotopic (exact) mass is 316 g/mol. The molecule has 5 heteroatoms. The predicted molar refractivity (Wildman–Crippen MR) is 94.5 cm³/mol. The van der Waals surface area contributed by atoms with Crippen LogP contribution in [-0.2, 0) is 0 Å². The van der Waals surface area contributed by atoms with Crippen molar-refractivity contribution >= 4 is 23.1 Å². The molecule has 0 aliphatic rings. The lowest BCUT2D eigenvalue weighted by Crippen LogP contribution is -2.42. The second-order valence-electron chi connectivity index (χ2n) is 5.02. The number of carbonyl (C=O) groups excluding carboxylic acids is 1. The maximum atomic E-state index is 12.4. The standard InChI is InChI=1S/C19H16N4O/c20-21-19(24)23(18-14-8-3-9-15-18)22(16-10-4-1-5-11-16)17-12-6-2-7-13-17/h1-15,20H. The predicted octanol–water partition coefficient (Wildman–Crippen LogP) is 5.40. The fourth-order valence-corrected chi connectivity index (χ4v) is 2.45. The summed E-state index contributed by atoms with van der Waals surface area (Å²) in [7, 11) is 0. The van der Waals surface area contributed by atoms with Gasteiger partial charge in [-0.15, -0.1) is 0 Å². The van der Waals surface area contributed by atoms with E-state index in [0.29, 0.717) is 5.69 Å². The van der Waals surface area contributed by atoms with Crippen LogP contribution in [-0.4, -0.2) is 6.03 Å². The number of hydrogen-bond donors (Lipinski definition) is 1. The van der Waals surface area contributed by atoms with E-state index in [1.54, 1.807) is 5.01 Å². The molecule has 0 aromatic heterocycles. The molecule has 0 bridgehead atoms. The van der Waals surface area contributed by atoms with Gasteiger partial charge < -0.3 is 0 Å². The van der Waals surface area contributed by atoms with E-state index in [9.17, 15) is 4.79 Å². The number of hydrogen-bond acceptors (Lipinski definition) is 3. The Labute approximate surface area is 140 Å². The zero-order valence-electron chi connectivity index (χ0n) is 12.9. The summed E-state index contributed by atoms with van der Waals surface area (Å²) in [6.45, 7) is 0. The van der Waals surface area contributed by atoms with E-state index in [-0.39, 0.29) is 0 Å². The van der Waals surface area contributed by atoms with Crippen LogP contribution >= 0.6 is 0 Å². The van der Waals surface area contributed by atoms with Gasteiger partial charge >= 0.3 is 6.03 Å². The molecule has 3 aromatic rings. The normalized spacial score (nSPS) is 10.0. The van der Waals surface area contributed by atoms with Crippen LogP contribution in [0.1, 0.15) is 0 Å². The number of carbonyl (C=O) groups is 1. The number of urea groups is 1. The minimum atomic E-state index is -0.672. The molecule has 0 radical (unpaired) electrons. The summed E-state index contributed by atoms with van der Waals surface area (Å²) < 4.78 is 0. The molecule has 0 unspecified atom stereocenters. The van der Waals surface area contributed by atoms with E-state index in [1.165, 1.54) is 5.01 Å². The summed E-state index contributed by atoms with van der Waals surface area (Å²) in [5.41, 5.74) is 9.44. The maximum absolute atomic E-state index is 12.4. The minimum absolute atomic E-state index is 0.631. The third-order valence-corrected chi connectivity index (χ3v) is 3.48. The van der Waals surface area contributed by atoms with Crippen LogP contribution in [0.15, 0.2) is 96.1 Å². The van der Waals surface area contributed by atoms with Crippen LogP contribution in [0.3, 0.4) is 0 Å².